The molecule has 1 N–H and O–H groups in total. The highest BCUT2D eigenvalue weighted by atomic mass is 16.7. The molecule has 1 heterocycles. The number of esters is 1. The molecule has 0 aromatic heterocycles. The largest absolute Gasteiger partial charge is 0.464 e. The van der Waals surface area contributed by atoms with Gasteiger partial charge >= 0.3 is 5.97 Å². The van der Waals surface area contributed by atoms with Crippen LogP contribution in [0, 0.1) is 0 Å². The van der Waals surface area contributed by atoms with Gasteiger partial charge in [0, 0.05) is 6.42 Å². The van der Waals surface area contributed by atoms with Crippen molar-refractivity contribution in [1.29, 1.82) is 0 Å². The lowest BCUT2D eigenvalue weighted by Gasteiger charge is -2.24. The fourth-order valence-corrected chi connectivity index (χ4v) is 2.01. The molecule has 20 heavy (non-hydrogen) atoms. The fourth-order valence-electron chi connectivity index (χ4n) is 2.01. The number of carbonyl (C=O) groups excluding carboxylic acids is 1. The molecule has 1 atom stereocenters. The molecule has 1 aromatic rings. The molecule has 0 amide bonds. The van der Waals surface area contributed by atoms with Crippen molar-refractivity contribution in [3.63, 3.8) is 0 Å². The van der Waals surface area contributed by atoms with Gasteiger partial charge in [-0.25, -0.2) is 4.79 Å². The van der Waals surface area contributed by atoms with Crippen LogP contribution in [0.4, 0.5) is 0 Å². The first-order valence-corrected chi connectivity index (χ1v) is 6.44. The lowest BCUT2D eigenvalue weighted by molar-refractivity contribution is -0.132. The van der Waals surface area contributed by atoms with E-state index in [4.69, 9.17) is 14.7 Å². The van der Waals surface area contributed by atoms with Crippen molar-refractivity contribution < 1.29 is 24.2 Å². The Morgan fingerprint density at radius 1 is 1.40 bits per heavy atom. The molecule has 2 rings (SSSR count). The van der Waals surface area contributed by atoms with E-state index in [2.05, 4.69) is 9.89 Å². The van der Waals surface area contributed by atoms with Gasteiger partial charge in [0.2, 0.25) is 0 Å². The van der Waals surface area contributed by atoms with Gasteiger partial charge in [0.25, 0.3) is 0 Å². The maximum Gasteiger partial charge on any atom is 0.360 e. The highest BCUT2D eigenvalue weighted by Crippen LogP contribution is 2.24. The van der Waals surface area contributed by atoms with Crippen molar-refractivity contribution in [2.45, 2.75) is 25.6 Å². The molecule has 0 radical (unpaired) electrons. The normalized spacial score (nSPS) is 19.4. The Balaban J connectivity index is 2.23. The first-order valence-electron chi connectivity index (χ1n) is 6.44. The number of oxime groups is 1. The molecular formula is C14H17NO5. The summed E-state index contributed by atoms with van der Waals surface area (Å²) in [5, 5.41) is 12.0. The number of hydrogen-bond acceptors (Lipinski definition) is 6. The van der Waals surface area contributed by atoms with Gasteiger partial charge < -0.3 is 19.4 Å². The third kappa shape index (κ3) is 3.27. The van der Waals surface area contributed by atoms with Gasteiger partial charge in [-0.05, 0) is 25.0 Å². The molecule has 6 nitrogen and oxygen atoms in total. The zero-order valence-electron chi connectivity index (χ0n) is 11.2. The highest BCUT2D eigenvalue weighted by molar-refractivity contribution is 6.43. The summed E-state index contributed by atoms with van der Waals surface area (Å²) in [6.07, 6.45) is 2.50. The summed E-state index contributed by atoms with van der Waals surface area (Å²) in [5.74, 6) is -0.300. The monoisotopic (exact) mass is 279 g/mol. The smallest absolute Gasteiger partial charge is 0.360 e. The fraction of sp³-hybridized carbons (Fsp3) is 0.429. The predicted molar refractivity (Wildman–Crippen MR) is 71.0 cm³/mol. The van der Waals surface area contributed by atoms with E-state index in [1.807, 2.05) is 0 Å². The summed E-state index contributed by atoms with van der Waals surface area (Å²) in [6, 6.07) is 6.82. The van der Waals surface area contributed by atoms with E-state index in [1.165, 1.54) is 7.11 Å². The average Bonchev–Trinajstić information content (AvgIpc) is 2.50. The number of carbonyl (C=O) groups is 1. The Hall–Kier alpha value is -2.08. The zero-order chi connectivity index (χ0) is 14.4. The Bertz CT molecular complexity index is 494. The van der Waals surface area contributed by atoms with Crippen LogP contribution in [0.25, 0.3) is 0 Å². The maximum absolute atomic E-state index is 11.6. The van der Waals surface area contributed by atoms with Crippen molar-refractivity contribution in [3.8, 4) is 5.75 Å². The van der Waals surface area contributed by atoms with Gasteiger partial charge in [-0.1, -0.05) is 17.3 Å². The molecule has 1 unspecified atom stereocenters. The Morgan fingerprint density at radius 3 is 2.85 bits per heavy atom. The summed E-state index contributed by atoms with van der Waals surface area (Å²) in [5.41, 5.74) is 0.176. The second-order valence-corrected chi connectivity index (χ2v) is 4.35. The van der Waals surface area contributed by atoms with Crippen LogP contribution in [0.5, 0.6) is 5.75 Å². The van der Waals surface area contributed by atoms with Crippen LogP contribution in [0.3, 0.4) is 0 Å². The van der Waals surface area contributed by atoms with Gasteiger partial charge in [-0.2, -0.15) is 0 Å². The van der Waals surface area contributed by atoms with Crippen LogP contribution in [-0.4, -0.2) is 36.9 Å². The quantitative estimate of drug-likeness (QED) is 0.394. The van der Waals surface area contributed by atoms with Gasteiger partial charge in [0.15, 0.2) is 12.0 Å². The standard InChI is InChI=1S/C14H17NO5/c1-18-14(16)13(15-17)10-6-2-3-7-11(10)20-12-8-4-5-9-19-12/h2-3,6-7,12,17H,4-5,8-9H2,1H3/b15-13+. The number of hydrogen-bond donors (Lipinski definition) is 1. The molecular weight excluding hydrogens is 262 g/mol. The van der Waals surface area contributed by atoms with E-state index in [-0.39, 0.29) is 12.0 Å². The average molecular weight is 279 g/mol. The second-order valence-electron chi connectivity index (χ2n) is 4.35. The molecule has 1 fully saturated rings. The minimum Gasteiger partial charge on any atom is -0.464 e. The molecule has 108 valence electrons. The lowest BCUT2D eigenvalue weighted by Crippen LogP contribution is -2.26. The molecule has 1 saturated heterocycles. The number of rotatable bonds is 4. The van der Waals surface area contributed by atoms with Crippen molar-refractivity contribution >= 4 is 11.7 Å². The van der Waals surface area contributed by atoms with Crippen molar-refractivity contribution in [3.05, 3.63) is 29.8 Å². The van der Waals surface area contributed by atoms with Crippen LogP contribution >= 0.6 is 0 Å². The van der Waals surface area contributed by atoms with Crippen LogP contribution < -0.4 is 4.74 Å². The van der Waals surface area contributed by atoms with Gasteiger partial charge in [0.1, 0.15) is 5.75 Å². The molecule has 0 bridgehead atoms. The Kier molecular flexibility index (Phi) is 4.95. The second kappa shape index (κ2) is 6.91. The minimum atomic E-state index is -0.729. The first-order chi connectivity index (χ1) is 9.76. The van der Waals surface area contributed by atoms with E-state index in [0.29, 0.717) is 17.9 Å². The molecule has 0 spiro atoms. The number of nitrogens with zero attached hydrogens (tertiary/aromatic N) is 1. The van der Waals surface area contributed by atoms with E-state index >= 15 is 0 Å². The van der Waals surface area contributed by atoms with Crippen molar-refractivity contribution in [1.82, 2.24) is 0 Å². The minimum absolute atomic E-state index is 0.195. The molecule has 6 heteroatoms. The van der Waals surface area contributed by atoms with Gasteiger partial charge in [-0.15, -0.1) is 0 Å². The Labute approximate surface area is 116 Å². The van der Waals surface area contributed by atoms with E-state index in [0.717, 1.165) is 19.3 Å². The topological polar surface area (TPSA) is 77.4 Å². The molecule has 1 aliphatic rings. The maximum atomic E-state index is 11.6. The first kappa shape index (κ1) is 14.3. The SMILES string of the molecule is COC(=O)/C(=N/O)c1ccccc1OC1CCCCO1. The third-order valence-corrected chi connectivity index (χ3v) is 3.02. The van der Waals surface area contributed by atoms with E-state index in [1.54, 1.807) is 24.3 Å². The van der Waals surface area contributed by atoms with Crippen LogP contribution in [0.1, 0.15) is 24.8 Å². The summed E-state index contributed by atoms with van der Waals surface area (Å²) in [7, 11) is 1.22. The van der Waals surface area contributed by atoms with Gasteiger partial charge in [0.05, 0.1) is 19.3 Å². The third-order valence-electron chi connectivity index (χ3n) is 3.02. The van der Waals surface area contributed by atoms with Gasteiger partial charge in [-0.3, -0.25) is 0 Å². The summed E-state index contributed by atoms with van der Waals surface area (Å²) in [4.78, 5) is 11.6. The predicted octanol–water partition coefficient (Wildman–Crippen LogP) is 1.94. The van der Waals surface area contributed by atoms with Crippen LogP contribution in [-0.2, 0) is 14.3 Å². The van der Waals surface area contributed by atoms with Crippen molar-refractivity contribution in [2.75, 3.05) is 13.7 Å². The molecule has 0 aliphatic carbocycles. The Morgan fingerprint density at radius 2 is 2.20 bits per heavy atom. The summed E-state index contributed by atoms with van der Waals surface area (Å²) < 4.78 is 15.8. The summed E-state index contributed by atoms with van der Waals surface area (Å²) in [6.45, 7) is 0.658. The van der Waals surface area contributed by atoms with E-state index < -0.39 is 5.97 Å². The molecule has 1 aromatic carbocycles. The van der Waals surface area contributed by atoms with Crippen molar-refractivity contribution in [2.24, 2.45) is 5.16 Å². The van der Waals surface area contributed by atoms with Crippen LogP contribution in [0.2, 0.25) is 0 Å². The van der Waals surface area contributed by atoms with Crippen LogP contribution in [0.15, 0.2) is 29.4 Å². The van der Waals surface area contributed by atoms with E-state index in [9.17, 15) is 4.79 Å². The number of ether oxygens (including phenoxy) is 3. The molecule has 0 saturated carbocycles. The number of para-hydroxylation sites is 1. The number of benzene rings is 1. The summed E-state index contributed by atoms with van der Waals surface area (Å²) >= 11 is 0. The zero-order valence-corrected chi connectivity index (χ0v) is 11.2. The lowest BCUT2D eigenvalue weighted by atomic mass is 10.1. The number of methoxy groups -OCH3 is 1. The molecule has 1 aliphatic heterocycles. The highest BCUT2D eigenvalue weighted by Gasteiger charge is 2.22.